The van der Waals surface area contributed by atoms with Crippen LogP contribution in [0, 0.1) is 20.8 Å². The summed E-state index contributed by atoms with van der Waals surface area (Å²) in [4.78, 5) is 11.5. The molecule has 2 aromatic rings. The van der Waals surface area contributed by atoms with Crippen molar-refractivity contribution in [3.63, 3.8) is 0 Å². The van der Waals surface area contributed by atoms with E-state index < -0.39 is 0 Å². The first kappa shape index (κ1) is 14.1. The molecule has 2 aromatic carbocycles. The monoisotopic (exact) mass is 270 g/mol. The normalized spacial score (nSPS) is 10.2. The summed E-state index contributed by atoms with van der Waals surface area (Å²) in [5.74, 6) is 1.16. The highest BCUT2D eigenvalue weighted by Crippen LogP contribution is 2.25. The Kier molecular flexibility index (Phi) is 4.08. The summed E-state index contributed by atoms with van der Waals surface area (Å²) >= 11 is 0. The maximum absolute atomic E-state index is 11.5. The molecule has 0 heterocycles. The van der Waals surface area contributed by atoms with Crippen molar-refractivity contribution in [2.75, 3.05) is 7.11 Å². The van der Waals surface area contributed by atoms with Crippen molar-refractivity contribution < 1.29 is 14.3 Å². The smallest absolute Gasteiger partial charge is 0.338 e. The van der Waals surface area contributed by atoms with Crippen LogP contribution in [0.1, 0.15) is 27.0 Å². The molecule has 0 fully saturated rings. The van der Waals surface area contributed by atoms with Gasteiger partial charge in [-0.25, -0.2) is 4.79 Å². The first-order valence-electron chi connectivity index (χ1n) is 6.45. The molecule has 0 spiro atoms. The second-order valence-corrected chi connectivity index (χ2v) is 4.82. The average Bonchev–Trinajstić information content (AvgIpc) is 2.42. The van der Waals surface area contributed by atoms with Crippen molar-refractivity contribution >= 4 is 5.97 Å². The van der Waals surface area contributed by atoms with E-state index in [-0.39, 0.29) is 5.97 Å². The molecule has 104 valence electrons. The van der Waals surface area contributed by atoms with E-state index in [0.717, 1.165) is 11.3 Å². The Morgan fingerprint density at radius 1 is 0.850 bits per heavy atom. The van der Waals surface area contributed by atoms with Gasteiger partial charge < -0.3 is 9.47 Å². The van der Waals surface area contributed by atoms with Gasteiger partial charge in [-0.1, -0.05) is 6.07 Å². The van der Waals surface area contributed by atoms with Crippen LogP contribution < -0.4 is 4.74 Å². The average molecular weight is 270 g/mol. The van der Waals surface area contributed by atoms with E-state index in [4.69, 9.17) is 9.47 Å². The molecule has 0 aliphatic carbocycles. The molecule has 0 amide bonds. The predicted molar refractivity (Wildman–Crippen MR) is 78.5 cm³/mol. The van der Waals surface area contributed by atoms with E-state index in [1.165, 1.54) is 18.2 Å². The number of hydrogen-bond donors (Lipinski definition) is 0. The van der Waals surface area contributed by atoms with Crippen LogP contribution in [0.4, 0.5) is 0 Å². The molecule has 0 aliphatic heterocycles. The third-order valence-corrected chi connectivity index (χ3v) is 3.32. The molecule has 0 saturated heterocycles. The number of ether oxygens (including phenoxy) is 2. The molecule has 20 heavy (non-hydrogen) atoms. The van der Waals surface area contributed by atoms with E-state index >= 15 is 0 Å². The van der Waals surface area contributed by atoms with Crippen LogP contribution in [0.5, 0.6) is 11.5 Å². The molecule has 0 N–H and O–H groups in total. The molecular formula is C17H18O3. The van der Waals surface area contributed by atoms with Gasteiger partial charge in [-0.2, -0.15) is 0 Å². The fourth-order valence-corrected chi connectivity index (χ4v) is 1.95. The zero-order valence-electron chi connectivity index (χ0n) is 12.2. The predicted octanol–water partition coefficient (Wildman–Crippen LogP) is 4.19. The summed E-state index contributed by atoms with van der Waals surface area (Å²) in [6, 6.07) is 11.3. The molecule has 0 atom stereocenters. The zero-order valence-corrected chi connectivity index (χ0v) is 12.2. The third kappa shape index (κ3) is 2.99. The van der Waals surface area contributed by atoms with Crippen LogP contribution in [0.2, 0.25) is 0 Å². The molecule has 0 bridgehead atoms. The topological polar surface area (TPSA) is 35.5 Å². The largest absolute Gasteiger partial charge is 0.465 e. The lowest BCUT2D eigenvalue weighted by Gasteiger charge is -2.10. The van der Waals surface area contributed by atoms with Crippen LogP contribution in [0.3, 0.4) is 0 Å². The Balaban J connectivity index is 2.24. The van der Waals surface area contributed by atoms with Gasteiger partial charge in [-0.3, -0.25) is 0 Å². The molecule has 0 unspecified atom stereocenters. The van der Waals surface area contributed by atoms with Gasteiger partial charge in [-0.15, -0.1) is 0 Å². The van der Waals surface area contributed by atoms with Gasteiger partial charge in [0.05, 0.1) is 12.7 Å². The molecule has 2 rings (SSSR count). The molecule has 0 aromatic heterocycles. The summed E-state index contributed by atoms with van der Waals surface area (Å²) in [5, 5.41) is 0. The first-order valence-corrected chi connectivity index (χ1v) is 6.45. The molecule has 3 nitrogen and oxygen atoms in total. The highest BCUT2D eigenvalue weighted by Gasteiger charge is 2.10. The van der Waals surface area contributed by atoms with Crippen LogP contribution in [0.25, 0.3) is 0 Å². The van der Waals surface area contributed by atoms with E-state index in [1.54, 1.807) is 12.1 Å². The number of carbonyl (C=O) groups is 1. The lowest BCUT2D eigenvalue weighted by molar-refractivity contribution is 0.0600. The standard InChI is InChI=1S/C17H18O3/c1-11-5-6-14(9-12(11)2)20-15-7-8-16(13(3)10-15)17(18)19-4/h5-10H,1-4H3. The Hall–Kier alpha value is -2.29. The summed E-state index contributed by atoms with van der Waals surface area (Å²) in [7, 11) is 1.38. The summed E-state index contributed by atoms with van der Waals surface area (Å²) in [5.41, 5.74) is 3.80. The second kappa shape index (κ2) is 5.78. The van der Waals surface area contributed by atoms with Gasteiger partial charge in [0, 0.05) is 0 Å². The third-order valence-electron chi connectivity index (χ3n) is 3.32. The van der Waals surface area contributed by atoms with E-state index in [9.17, 15) is 4.79 Å². The number of hydrogen-bond acceptors (Lipinski definition) is 3. The SMILES string of the molecule is COC(=O)c1ccc(Oc2ccc(C)c(C)c2)cc1C. The maximum atomic E-state index is 11.5. The number of aryl methyl sites for hydroxylation is 3. The minimum atomic E-state index is -0.333. The Bertz CT molecular complexity index is 645. The Morgan fingerprint density at radius 3 is 2.00 bits per heavy atom. The number of benzene rings is 2. The maximum Gasteiger partial charge on any atom is 0.338 e. The summed E-state index contributed by atoms with van der Waals surface area (Å²) in [6.45, 7) is 5.97. The van der Waals surface area contributed by atoms with E-state index in [2.05, 4.69) is 6.92 Å². The second-order valence-electron chi connectivity index (χ2n) is 4.82. The van der Waals surface area contributed by atoms with Crippen LogP contribution in [0.15, 0.2) is 36.4 Å². The van der Waals surface area contributed by atoms with Gasteiger partial charge >= 0.3 is 5.97 Å². The Labute approximate surface area is 119 Å². The van der Waals surface area contributed by atoms with Crippen molar-refractivity contribution in [2.45, 2.75) is 20.8 Å². The van der Waals surface area contributed by atoms with Crippen LogP contribution in [-0.2, 0) is 4.74 Å². The van der Waals surface area contributed by atoms with Gasteiger partial charge in [0.2, 0.25) is 0 Å². The fraction of sp³-hybridized carbons (Fsp3) is 0.235. The van der Waals surface area contributed by atoms with Crippen molar-refractivity contribution in [2.24, 2.45) is 0 Å². The molecule has 0 saturated carbocycles. The van der Waals surface area contributed by atoms with Crippen LogP contribution in [-0.4, -0.2) is 13.1 Å². The van der Waals surface area contributed by atoms with Crippen LogP contribution >= 0.6 is 0 Å². The number of esters is 1. The number of methoxy groups -OCH3 is 1. The first-order chi connectivity index (χ1) is 9.51. The van der Waals surface area contributed by atoms with Gasteiger partial charge in [0.1, 0.15) is 11.5 Å². The van der Waals surface area contributed by atoms with Crippen molar-refractivity contribution in [1.29, 1.82) is 0 Å². The lowest BCUT2D eigenvalue weighted by atomic mass is 10.1. The quantitative estimate of drug-likeness (QED) is 0.784. The number of rotatable bonds is 3. The summed E-state index contributed by atoms with van der Waals surface area (Å²) in [6.07, 6.45) is 0. The molecule has 0 radical (unpaired) electrons. The van der Waals surface area contributed by atoms with Crippen molar-refractivity contribution in [3.05, 3.63) is 58.7 Å². The minimum Gasteiger partial charge on any atom is -0.465 e. The molecule has 0 aliphatic rings. The van der Waals surface area contributed by atoms with Crippen molar-refractivity contribution in [1.82, 2.24) is 0 Å². The fourth-order valence-electron chi connectivity index (χ4n) is 1.95. The molecule has 3 heteroatoms. The number of carbonyl (C=O) groups excluding carboxylic acids is 1. The van der Waals surface area contributed by atoms with Gasteiger partial charge in [-0.05, 0) is 67.8 Å². The highest BCUT2D eigenvalue weighted by atomic mass is 16.5. The summed E-state index contributed by atoms with van der Waals surface area (Å²) < 4.78 is 10.5. The van der Waals surface area contributed by atoms with Gasteiger partial charge in [0.15, 0.2) is 0 Å². The zero-order chi connectivity index (χ0) is 14.7. The van der Waals surface area contributed by atoms with E-state index in [0.29, 0.717) is 11.3 Å². The Morgan fingerprint density at radius 2 is 1.45 bits per heavy atom. The van der Waals surface area contributed by atoms with Crippen molar-refractivity contribution in [3.8, 4) is 11.5 Å². The molecular weight excluding hydrogens is 252 g/mol. The minimum absolute atomic E-state index is 0.333. The lowest BCUT2D eigenvalue weighted by Crippen LogP contribution is -2.03. The highest BCUT2D eigenvalue weighted by molar-refractivity contribution is 5.91. The van der Waals surface area contributed by atoms with Gasteiger partial charge in [0.25, 0.3) is 0 Å². The van der Waals surface area contributed by atoms with E-state index in [1.807, 2.05) is 38.1 Å².